The number of nitrogens with zero attached hydrogens (tertiary/aromatic N) is 1. The van der Waals surface area contributed by atoms with Crippen molar-refractivity contribution < 1.29 is 9.53 Å². The van der Waals surface area contributed by atoms with Gasteiger partial charge in [-0.05, 0) is 42.7 Å². The van der Waals surface area contributed by atoms with E-state index < -0.39 is 0 Å². The maximum absolute atomic E-state index is 12.5. The summed E-state index contributed by atoms with van der Waals surface area (Å²) in [6, 6.07) is 18.3. The Balaban J connectivity index is 1.73. The summed E-state index contributed by atoms with van der Waals surface area (Å²) in [5, 5.41) is 0. The molecule has 2 aromatic carbocycles. The monoisotopic (exact) mass is 337 g/mol. The summed E-state index contributed by atoms with van der Waals surface area (Å²) < 4.78 is 5.93. The Morgan fingerprint density at radius 2 is 1.72 bits per heavy atom. The van der Waals surface area contributed by atoms with Crippen LogP contribution in [-0.4, -0.2) is 16.8 Å². The smallest absolute Gasteiger partial charge is 0.222 e. The summed E-state index contributed by atoms with van der Waals surface area (Å²) in [6.45, 7) is 2.62. The quantitative estimate of drug-likeness (QED) is 0.691. The van der Waals surface area contributed by atoms with Crippen molar-refractivity contribution in [3.05, 3.63) is 60.2 Å². The SMILES string of the molecule is CCC(=O)N(Cc1cccc(Oc2ccccc2)c1)C1CCCCC1. The van der Waals surface area contributed by atoms with Crippen LogP contribution in [0.2, 0.25) is 0 Å². The maximum Gasteiger partial charge on any atom is 0.222 e. The molecule has 1 saturated carbocycles. The third kappa shape index (κ3) is 4.85. The van der Waals surface area contributed by atoms with E-state index in [1.165, 1.54) is 19.3 Å². The average Bonchev–Trinajstić information content (AvgIpc) is 2.67. The zero-order valence-corrected chi connectivity index (χ0v) is 15.0. The fraction of sp³-hybridized carbons (Fsp3) is 0.409. The molecule has 1 aliphatic rings. The van der Waals surface area contributed by atoms with Crippen LogP contribution >= 0.6 is 0 Å². The fourth-order valence-corrected chi connectivity index (χ4v) is 3.55. The molecule has 3 nitrogen and oxygen atoms in total. The fourth-order valence-electron chi connectivity index (χ4n) is 3.55. The molecule has 1 aliphatic carbocycles. The van der Waals surface area contributed by atoms with E-state index in [1.54, 1.807) is 0 Å². The topological polar surface area (TPSA) is 29.5 Å². The van der Waals surface area contributed by atoms with Crippen molar-refractivity contribution in [2.45, 2.75) is 58.0 Å². The van der Waals surface area contributed by atoms with Gasteiger partial charge in [0.25, 0.3) is 0 Å². The number of carbonyl (C=O) groups excluding carboxylic acids is 1. The molecular weight excluding hydrogens is 310 g/mol. The Hall–Kier alpha value is -2.29. The van der Waals surface area contributed by atoms with Gasteiger partial charge in [0, 0.05) is 19.0 Å². The van der Waals surface area contributed by atoms with Crippen molar-refractivity contribution in [1.29, 1.82) is 0 Å². The minimum absolute atomic E-state index is 0.251. The normalized spacial score (nSPS) is 14.9. The molecule has 0 unspecified atom stereocenters. The van der Waals surface area contributed by atoms with Crippen molar-refractivity contribution in [1.82, 2.24) is 4.90 Å². The molecular formula is C22H27NO2. The summed E-state index contributed by atoms with van der Waals surface area (Å²) >= 11 is 0. The van der Waals surface area contributed by atoms with Crippen molar-refractivity contribution in [3.63, 3.8) is 0 Å². The van der Waals surface area contributed by atoms with Gasteiger partial charge in [-0.25, -0.2) is 0 Å². The van der Waals surface area contributed by atoms with Crippen LogP contribution in [0.5, 0.6) is 11.5 Å². The van der Waals surface area contributed by atoms with Crippen LogP contribution in [0, 0.1) is 0 Å². The van der Waals surface area contributed by atoms with Gasteiger partial charge in [0.1, 0.15) is 11.5 Å². The van der Waals surface area contributed by atoms with Gasteiger partial charge in [-0.3, -0.25) is 4.79 Å². The van der Waals surface area contributed by atoms with E-state index in [1.807, 2.05) is 55.5 Å². The second kappa shape index (κ2) is 8.70. The average molecular weight is 337 g/mol. The highest BCUT2D eigenvalue weighted by molar-refractivity contribution is 5.76. The molecule has 0 aromatic heterocycles. The summed E-state index contributed by atoms with van der Waals surface area (Å²) in [7, 11) is 0. The largest absolute Gasteiger partial charge is 0.457 e. The highest BCUT2D eigenvalue weighted by atomic mass is 16.5. The van der Waals surface area contributed by atoms with Gasteiger partial charge in [0.2, 0.25) is 5.91 Å². The van der Waals surface area contributed by atoms with Crippen LogP contribution in [0.15, 0.2) is 54.6 Å². The van der Waals surface area contributed by atoms with Crippen molar-refractivity contribution in [3.8, 4) is 11.5 Å². The lowest BCUT2D eigenvalue weighted by Gasteiger charge is -2.34. The van der Waals surface area contributed by atoms with E-state index in [0.717, 1.165) is 29.9 Å². The molecule has 0 heterocycles. The Morgan fingerprint density at radius 3 is 2.44 bits per heavy atom. The first kappa shape index (κ1) is 17.5. The zero-order valence-electron chi connectivity index (χ0n) is 15.0. The van der Waals surface area contributed by atoms with Crippen LogP contribution < -0.4 is 4.74 Å². The first-order valence-corrected chi connectivity index (χ1v) is 9.37. The predicted octanol–water partition coefficient (Wildman–Crippen LogP) is 5.55. The van der Waals surface area contributed by atoms with Crippen molar-refractivity contribution in [2.75, 3.05) is 0 Å². The number of ether oxygens (including phenoxy) is 1. The van der Waals surface area contributed by atoms with Crippen LogP contribution in [0.25, 0.3) is 0 Å². The van der Waals surface area contributed by atoms with Gasteiger partial charge >= 0.3 is 0 Å². The van der Waals surface area contributed by atoms with E-state index in [4.69, 9.17) is 4.74 Å². The first-order valence-electron chi connectivity index (χ1n) is 9.37. The lowest BCUT2D eigenvalue weighted by molar-refractivity contribution is -0.134. The molecule has 25 heavy (non-hydrogen) atoms. The number of rotatable bonds is 6. The van der Waals surface area contributed by atoms with E-state index in [9.17, 15) is 4.79 Å². The Bertz CT molecular complexity index is 677. The highest BCUT2D eigenvalue weighted by Crippen LogP contribution is 2.27. The van der Waals surface area contributed by atoms with E-state index in [0.29, 0.717) is 19.0 Å². The summed E-state index contributed by atoms with van der Waals surface area (Å²) in [4.78, 5) is 14.6. The number of amides is 1. The molecule has 0 radical (unpaired) electrons. The number of para-hydroxylation sites is 1. The minimum Gasteiger partial charge on any atom is -0.457 e. The second-order valence-electron chi connectivity index (χ2n) is 6.73. The summed E-state index contributed by atoms with van der Waals surface area (Å²) in [5.74, 6) is 1.89. The van der Waals surface area contributed by atoms with Gasteiger partial charge < -0.3 is 9.64 Å². The van der Waals surface area contributed by atoms with Crippen molar-refractivity contribution in [2.24, 2.45) is 0 Å². The number of hydrogen-bond acceptors (Lipinski definition) is 2. The Labute approximate surface area is 150 Å². The minimum atomic E-state index is 0.251. The number of carbonyl (C=O) groups is 1. The molecule has 2 aromatic rings. The van der Waals surface area contributed by atoms with Gasteiger partial charge in [-0.15, -0.1) is 0 Å². The standard InChI is InChI=1S/C22H27NO2/c1-2-22(24)23(19-11-5-3-6-12-19)17-18-10-9-15-21(16-18)25-20-13-7-4-8-14-20/h4,7-10,13-16,19H,2-3,5-6,11-12,17H2,1H3. The lowest BCUT2D eigenvalue weighted by atomic mass is 9.93. The zero-order chi connectivity index (χ0) is 17.5. The molecule has 1 amide bonds. The van der Waals surface area contributed by atoms with Crippen molar-refractivity contribution >= 4 is 5.91 Å². The summed E-state index contributed by atoms with van der Waals surface area (Å²) in [5.41, 5.74) is 1.13. The molecule has 0 saturated heterocycles. The van der Waals surface area contributed by atoms with E-state index in [-0.39, 0.29) is 5.91 Å². The van der Waals surface area contributed by atoms with Crippen LogP contribution in [0.3, 0.4) is 0 Å². The number of hydrogen-bond donors (Lipinski definition) is 0. The van der Waals surface area contributed by atoms with Crippen LogP contribution in [0.4, 0.5) is 0 Å². The maximum atomic E-state index is 12.5. The first-order chi connectivity index (χ1) is 12.3. The molecule has 3 heteroatoms. The van der Waals surface area contributed by atoms with Gasteiger partial charge in [-0.2, -0.15) is 0 Å². The molecule has 3 rings (SSSR count). The lowest BCUT2D eigenvalue weighted by Crippen LogP contribution is -2.40. The van der Waals surface area contributed by atoms with Gasteiger partial charge in [-0.1, -0.05) is 56.5 Å². The van der Waals surface area contributed by atoms with Gasteiger partial charge in [0.05, 0.1) is 0 Å². The predicted molar refractivity (Wildman–Crippen MR) is 101 cm³/mol. The molecule has 0 atom stereocenters. The molecule has 0 spiro atoms. The molecule has 0 aliphatic heterocycles. The molecule has 132 valence electrons. The Kier molecular flexibility index (Phi) is 6.10. The molecule has 0 N–H and O–H groups in total. The Morgan fingerprint density at radius 1 is 1.00 bits per heavy atom. The molecule has 0 bridgehead atoms. The second-order valence-corrected chi connectivity index (χ2v) is 6.73. The highest BCUT2D eigenvalue weighted by Gasteiger charge is 2.24. The van der Waals surface area contributed by atoms with Crippen LogP contribution in [-0.2, 0) is 11.3 Å². The van der Waals surface area contributed by atoms with Crippen LogP contribution in [0.1, 0.15) is 51.0 Å². The van der Waals surface area contributed by atoms with Gasteiger partial charge in [0.15, 0.2) is 0 Å². The van der Waals surface area contributed by atoms with E-state index in [2.05, 4.69) is 11.0 Å². The van der Waals surface area contributed by atoms with E-state index >= 15 is 0 Å². The number of benzene rings is 2. The summed E-state index contributed by atoms with van der Waals surface area (Å²) in [6.07, 6.45) is 6.59. The molecule has 1 fully saturated rings. The third-order valence-corrected chi connectivity index (χ3v) is 4.87. The third-order valence-electron chi connectivity index (χ3n) is 4.87.